The second kappa shape index (κ2) is 5.02. The molecule has 4 heteroatoms. The molecule has 0 aliphatic carbocycles. The lowest BCUT2D eigenvalue weighted by molar-refractivity contribution is 0.474. The number of halogens is 2. The second-order valence-electron chi connectivity index (χ2n) is 3.49. The van der Waals surface area contributed by atoms with Gasteiger partial charge in [-0.3, -0.25) is 5.41 Å². The van der Waals surface area contributed by atoms with Gasteiger partial charge in [-0.25, -0.2) is 0 Å². The summed E-state index contributed by atoms with van der Waals surface area (Å²) in [6.45, 7) is 0. The van der Waals surface area contributed by atoms with Gasteiger partial charge in [-0.1, -0.05) is 50.1 Å². The molecule has 0 aromatic heterocycles. The third-order valence-electron chi connectivity index (χ3n) is 2.39. The average Bonchev–Trinajstić information content (AvgIpc) is 2.29. The van der Waals surface area contributed by atoms with Crippen molar-refractivity contribution in [1.29, 1.82) is 5.41 Å². The van der Waals surface area contributed by atoms with Gasteiger partial charge in [-0.05, 0) is 24.3 Å². The van der Waals surface area contributed by atoms with Crippen LogP contribution in [-0.4, -0.2) is 10.8 Å². The maximum absolute atomic E-state index is 9.75. The fourth-order valence-corrected chi connectivity index (χ4v) is 2.95. The topological polar surface area (TPSA) is 44.1 Å². The lowest BCUT2D eigenvalue weighted by Gasteiger charge is -2.10. The summed E-state index contributed by atoms with van der Waals surface area (Å²) in [5.74, 6) is 0.111. The van der Waals surface area contributed by atoms with E-state index in [9.17, 15) is 5.11 Å². The molecule has 2 aromatic rings. The van der Waals surface area contributed by atoms with E-state index in [1.165, 1.54) is 0 Å². The molecule has 2 rings (SSSR count). The zero-order chi connectivity index (χ0) is 12.4. The second-order valence-corrected chi connectivity index (χ2v) is 5.20. The van der Waals surface area contributed by atoms with E-state index >= 15 is 0 Å². The smallest absolute Gasteiger partial charge is 0.124 e. The summed E-state index contributed by atoms with van der Waals surface area (Å²) < 4.78 is 1.64. The predicted molar refractivity (Wildman–Crippen MR) is 75.9 cm³/mol. The van der Waals surface area contributed by atoms with E-state index in [0.29, 0.717) is 5.56 Å². The molecule has 0 unspecified atom stereocenters. The maximum atomic E-state index is 9.75. The summed E-state index contributed by atoms with van der Waals surface area (Å²) in [4.78, 5) is 0. The first-order valence-electron chi connectivity index (χ1n) is 4.92. The van der Waals surface area contributed by atoms with Crippen LogP contribution < -0.4 is 0 Å². The standard InChI is InChI=1S/C13H9Br2NO/c14-9-5-3-6-10(15)12(9)13(16)8-4-1-2-7-11(8)17/h1-7,16-17H. The van der Waals surface area contributed by atoms with Crippen LogP contribution in [0.25, 0.3) is 0 Å². The van der Waals surface area contributed by atoms with Crippen molar-refractivity contribution in [2.45, 2.75) is 0 Å². The largest absolute Gasteiger partial charge is 0.507 e. The van der Waals surface area contributed by atoms with Crippen molar-refractivity contribution in [3.05, 3.63) is 62.5 Å². The number of hydrogen-bond acceptors (Lipinski definition) is 2. The number of nitrogens with one attached hydrogen (secondary N) is 1. The van der Waals surface area contributed by atoms with Gasteiger partial charge in [0.15, 0.2) is 0 Å². The van der Waals surface area contributed by atoms with E-state index in [0.717, 1.165) is 14.5 Å². The van der Waals surface area contributed by atoms with Gasteiger partial charge < -0.3 is 5.11 Å². The van der Waals surface area contributed by atoms with Gasteiger partial charge >= 0.3 is 0 Å². The van der Waals surface area contributed by atoms with Crippen LogP contribution in [0.3, 0.4) is 0 Å². The summed E-state index contributed by atoms with van der Waals surface area (Å²) in [6.07, 6.45) is 0. The number of rotatable bonds is 2. The highest BCUT2D eigenvalue weighted by Gasteiger charge is 2.14. The van der Waals surface area contributed by atoms with Gasteiger partial charge in [-0.15, -0.1) is 0 Å². The third kappa shape index (κ3) is 2.42. The van der Waals surface area contributed by atoms with Gasteiger partial charge in [0.2, 0.25) is 0 Å². The Bertz CT molecular complexity index is 561. The number of phenols is 1. The van der Waals surface area contributed by atoms with Crippen molar-refractivity contribution in [1.82, 2.24) is 0 Å². The summed E-state index contributed by atoms with van der Waals surface area (Å²) >= 11 is 6.83. The molecule has 0 bridgehead atoms. The predicted octanol–water partition coefficient (Wildman–Crippen LogP) is 4.33. The van der Waals surface area contributed by atoms with Crippen molar-refractivity contribution in [2.75, 3.05) is 0 Å². The molecule has 86 valence electrons. The number of phenolic OH excluding ortho intramolecular Hbond substituents is 1. The van der Waals surface area contributed by atoms with Crippen molar-refractivity contribution in [2.24, 2.45) is 0 Å². The van der Waals surface area contributed by atoms with E-state index in [4.69, 9.17) is 5.41 Å². The quantitative estimate of drug-likeness (QED) is 0.774. The normalized spacial score (nSPS) is 10.2. The molecule has 0 spiro atoms. The fraction of sp³-hybridized carbons (Fsp3) is 0. The minimum atomic E-state index is 0.111. The first kappa shape index (κ1) is 12.3. The molecule has 0 radical (unpaired) electrons. The van der Waals surface area contributed by atoms with Crippen molar-refractivity contribution in [3.8, 4) is 5.75 Å². The SMILES string of the molecule is N=C(c1ccccc1O)c1c(Br)cccc1Br. The van der Waals surface area contributed by atoms with Gasteiger partial charge in [0.05, 0.1) is 5.71 Å². The van der Waals surface area contributed by atoms with Crippen LogP contribution in [0, 0.1) is 5.41 Å². The maximum Gasteiger partial charge on any atom is 0.124 e. The van der Waals surface area contributed by atoms with E-state index in [-0.39, 0.29) is 11.5 Å². The summed E-state index contributed by atoms with van der Waals surface area (Å²) in [5.41, 5.74) is 1.52. The van der Waals surface area contributed by atoms with Crippen LogP contribution in [0.2, 0.25) is 0 Å². The Morgan fingerprint density at radius 2 is 1.53 bits per heavy atom. The van der Waals surface area contributed by atoms with Gasteiger partial charge in [0, 0.05) is 20.1 Å². The van der Waals surface area contributed by atoms with Crippen LogP contribution in [0.5, 0.6) is 5.75 Å². The molecule has 2 aromatic carbocycles. The van der Waals surface area contributed by atoms with E-state index < -0.39 is 0 Å². The minimum absolute atomic E-state index is 0.111. The van der Waals surface area contributed by atoms with Crippen LogP contribution in [0.15, 0.2) is 51.4 Å². The van der Waals surface area contributed by atoms with Crippen molar-refractivity contribution in [3.63, 3.8) is 0 Å². The Kier molecular flexibility index (Phi) is 3.64. The van der Waals surface area contributed by atoms with Crippen LogP contribution in [-0.2, 0) is 0 Å². The molecule has 0 aliphatic heterocycles. The van der Waals surface area contributed by atoms with Crippen LogP contribution >= 0.6 is 31.9 Å². The monoisotopic (exact) mass is 353 g/mol. The molecule has 2 N–H and O–H groups in total. The molecular formula is C13H9Br2NO. The fourth-order valence-electron chi connectivity index (χ4n) is 1.56. The Balaban J connectivity index is 2.56. The Morgan fingerprint density at radius 3 is 2.12 bits per heavy atom. The van der Waals surface area contributed by atoms with Gasteiger partial charge in [-0.2, -0.15) is 0 Å². The zero-order valence-electron chi connectivity index (χ0n) is 8.74. The molecule has 0 heterocycles. The first-order chi connectivity index (χ1) is 8.11. The lowest BCUT2D eigenvalue weighted by atomic mass is 10.0. The summed E-state index contributed by atoms with van der Waals surface area (Å²) in [7, 11) is 0. The minimum Gasteiger partial charge on any atom is -0.507 e. The highest BCUT2D eigenvalue weighted by atomic mass is 79.9. The Hall–Kier alpha value is -1.13. The molecule has 17 heavy (non-hydrogen) atoms. The highest BCUT2D eigenvalue weighted by molar-refractivity contribution is 9.11. The van der Waals surface area contributed by atoms with E-state index in [1.54, 1.807) is 24.3 Å². The number of hydrogen-bond donors (Lipinski definition) is 2. The van der Waals surface area contributed by atoms with Crippen molar-refractivity contribution < 1.29 is 5.11 Å². The van der Waals surface area contributed by atoms with E-state index in [1.807, 2.05) is 18.2 Å². The van der Waals surface area contributed by atoms with Crippen LogP contribution in [0.4, 0.5) is 0 Å². The number of para-hydroxylation sites is 1. The zero-order valence-corrected chi connectivity index (χ0v) is 11.9. The first-order valence-corrected chi connectivity index (χ1v) is 6.51. The molecule has 0 fully saturated rings. The Labute approximate surface area is 116 Å². The molecule has 0 aliphatic rings. The molecule has 0 saturated carbocycles. The number of aromatic hydroxyl groups is 1. The summed E-state index contributed by atoms with van der Waals surface area (Å²) in [5, 5.41) is 17.9. The lowest BCUT2D eigenvalue weighted by Crippen LogP contribution is -2.03. The number of benzene rings is 2. The molecule has 2 nitrogen and oxygen atoms in total. The molecule has 0 atom stereocenters. The Morgan fingerprint density at radius 1 is 0.941 bits per heavy atom. The molecule has 0 amide bonds. The van der Waals surface area contributed by atoms with Gasteiger partial charge in [0.1, 0.15) is 5.75 Å². The highest BCUT2D eigenvalue weighted by Crippen LogP contribution is 2.29. The van der Waals surface area contributed by atoms with Crippen LogP contribution in [0.1, 0.15) is 11.1 Å². The van der Waals surface area contributed by atoms with Crippen molar-refractivity contribution >= 4 is 37.6 Å². The average molecular weight is 355 g/mol. The molecular weight excluding hydrogens is 346 g/mol. The summed E-state index contributed by atoms with van der Waals surface area (Å²) in [6, 6.07) is 12.5. The van der Waals surface area contributed by atoms with Gasteiger partial charge in [0.25, 0.3) is 0 Å². The third-order valence-corrected chi connectivity index (χ3v) is 3.71. The van der Waals surface area contributed by atoms with E-state index in [2.05, 4.69) is 31.9 Å². The molecule has 0 saturated heterocycles.